The molecule has 0 spiro atoms. The number of halogens is 1. The molecule has 0 aliphatic carbocycles. The van der Waals surface area contributed by atoms with Gasteiger partial charge in [0.25, 0.3) is 5.91 Å². The molecule has 5 heteroatoms. The molecule has 4 nitrogen and oxygen atoms in total. The Morgan fingerprint density at radius 2 is 1.92 bits per heavy atom. The fourth-order valence-electron chi connectivity index (χ4n) is 2.41. The zero-order valence-corrected chi connectivity index (χ0v) is 16.1. The van der Waals surface area contributed by atoms with E-state index >= 15 is 0 Å². The van der Waals surface area contributed by atoms with Crippen molar-refractivity contribution in [3.8, 4) is 11.5 Å². The van der Waals surface area contributed by atoms with E-state index < -0.39 is 6.10 Å². The smallest absolute Gasteiger partial charge is 0.265 e. The lowest BCUT2D eigenvalue weighted by molar-refractivity contribution is -0.122. The van der Waals surface area contributed by atoms with Crippen LogP contribution in [0.2, 0.25) is 5.02 Å². The van der Waals surface area contributed by atoms with Crippen LogP contribution in [-0.4, -0.2) is 18.6 Å². The molecule has 26 heavy (non-hydrogen) atoms. The number of amides is 1. The second-order valence-electron chi connectivity index (χ2n) is 6.12. The predicted molar refractivity (Wildman–Crippen MR) is 106 cm³/mol. The summed E-state index contributed by atoms with van der Waals surface area (Å²) in [7, 11) is 0. The Hall–Kier alpha value is -2.20. The first-order valence-electron chi connectivity index (χ1n) is 9.05. The summed E-state index contributed by atoms with van der Waals surface area (Å²) in [6.07, 6.45) is 3.96. The van der Waals surface area contributed by atoms with E-state index in [1.165, 1.54) is 19.3 Å². The average Bonchev–Trinajstić information content (AvgIpc) is 2.63. The number of benzene rings is 2. The van der Waals surface area contributed by atoms with Gasteiger partial charge in [0, 0.05) is 11.8 Å². The maximum atomic E-state index is 12.4. The third-order valence-electron chi connectivity index (χ3n) is 3.88. The maximum Gasteiger partial charge on any atom is 0.265 e. The van der Waals surface area contributed by atoms with Gasteiger partial charge in [0.2, 0.25) is 0 Å². The first-order valence-corrected chi connectivity index (χ1v) is 9.43. The SMILES string of the molecule is CCCCCCOc1cccc(NC(=O)C(C)Oc2ccccc2Cl)c1. The van der Waals surface area contributed by atoms with Crippen molar-refractivity contribution >= 4 is 23.2 Å². The van der Waals surface area contributed by atoms with Crippen molar-refractivity contribution in [3.05, 3.63) is 53.6 Å². The number of para-hydroxylation sites is 1. The topological polar surface area (TPSA) is 47.6 Å². The summed E-state index contributed by atoms with van der Waals surface area (Å²) in [5.41, 5.74) is 0.677. The third-order valence-corrected chi connectivity index (χ3v) is 4.19. The van der Waals surface area contributed by atoms with Crippen molar-refractivity contribution in [3.63, 3.8) is 0 Å². The third kappa shape index (κ3) is 6.60. The highest BCUT2D eigenvalue weighted by atomic mass is 35.5. The number of hydrogen-bond acceptors (Lipinski definition) is 3. The summed E-state index contributed by atoms with van der Waals surface area (Å²) in [5, 5.41) is 3.32. The number of rotatable bonds is 10. The molecule has 2 aromatic rings. The Morgan fingerprint density at radius 1 is 1.12 bits per heavy atom. The van der Waals surface area contributed by atoms with Crippen LogP contribution in [0, 0.1) is 0 Å². The van der Waals surface area contributed by atoms with E-state index in [0.29, 0.717) is 23.1 Å². The van der Waals surface area contributed by atoms with E-state index in [1.54, 1.807) is 19.1 Å². The molecule has 0 saturated heterocycles. The van der Waals surface area contributed by atoms with Gasteiger partial charge in [-0.1, -0.05) is 56.0 Å². The fourth-order valence-corrected chi connectivity index (χ4v) is 2.59. The minimum Gasteiger partial charge on any atom is -0.494 e. The van der Waals surface area contributed by atoms with Crippen LogP contribution in [0.5, 0.6) is 11.5 Å². The van der Waals surface area contributed by atoms with Gasteiger partial charge in [-0.3, -0.25) is 4.79 Å². The lowest BCUT2D eigenvalue weighted by atomic mass is 10.2. The molecular formula is C21H26ClNO3. The van der Waals surface area contributed by atoms with E-state index in [2.05, 4.69) is 12.2 Å². The number of ether oxygens (including phenoxy) is 2. The Labute approximate surface area is 160 Å². The number of carbonyl (C=O) groups is 1. The quantitative estimate of drug-likeness (QED) is 0.541. The predicted octanol–water partition coefficient (Wildman–Crippen LogP) is 5.71. The minimum absolute atomic E-state index is 0.245. The highest BCUT2D eigenvalue weighted by Crippen LogP contribution is 2.24. The van der Waals surface area contributed by atoms with Gasteiger partial charge in [-0.05, 0) is 37.6 Å². The lowest BCUT2D eigenvalue weighted by Gasteiger charge is -2.16. The average molecular weight is 376 g/mol. The molecule has 0 aliphatic heterocycles. The normalized spacial score (nSPS) is 11.7. The summed E-state index contributed by atoms with van der Waals surface area (Å²) < 4.78 is 11.4. The molecule has 140 valence electrons. The van der Waals surface area contributed by atoms with Crippen LogP contribution in [0.25, 0.3) is 0 Å². The van der Waals surface area contributed by atoms with Gasteiger partial charge in [0.05, 0.1) is 11.6 Å². The minimum atomic E-state index is -0.673. The Morgan fingerprint density at radius 3 is 2.69 bits per heavy atom. The number of hydrogen-bond donors (Lipinski definition) is 1. The van der Waals surface area contributed by atoms with Crippen LogP contribution in [-0.2, 0) is 4.79 Å². The van der Waals surface area contributed by atoms with Gasteiger partial charge >= 0.3 is 0 Å². The van der Waals surface area contributed by atoms with Crippen LogP contribution < -0.4 is 14.8 Å². The van der Waals surface area contributed by atoms with Crippen molar-refractivity contribution in [1.29, 1.82) is 0 Å². The number of unbranched alkanes of at least 4 members (excludes halogenated alkanes) is 3. The van der Waals surface area contributed by atoms with Gasteiger partial charge in [-0.25, -0.2) is 0 Å². The molecule has 0 bridgehead atoms. The summed E-state index contributed by atoms with van der Waals surface area (Å²) in [6.45, 7) is 4.56. The fraction of sp³-hybridized carbons (Fsp3) is 0.381. The Kier molecular flexibility index (Phi) is 8.29. The van der Waals surface area contributed by atoms with Gasteiger partial charge in [0.15, 0.2) is 6.10 Å². The molecule has 0 aliphatic rings. The van der Waals surface area contributed by atoms with Crippen molar-refractivity contribution in [2.75, 3.05) is 11.9 Å². The number of carbonyl (C=O) groups excluding carboxylic acids is 1. The van der Waals surface area contributed by atoms with E-state index in [-0.39, 0.29) is 5.91 Å². The molecule has 0 saturated carbocycles. The van der Waals surface area contributed by atoms with Crippen LogP contribution >= 0.6 is 11.6 Å². The van der Waals surface area contributed by atoms with E-state index in [1.807, 2.05) is 36.4 Å². The van der Waals surface area contributed by atoms with Crippen molar-refractivity contribution in [1.82, 2.24) is 0 Å². The highest BCUT2D eigenvalue weighted by Gasteiger charge is 2.16. The van der Waals surface area contributed by atoms with Gasteiger partial charge in [-0.15, -0.1) is 0 Å². The standard InChI is InChI=1S/C21H26ClNO3/c1-3-4-5-8-14-25-18-11-9-10-17(15-18)23-21(24)16(2)26-20-13-7-6-12-19(20)22/h6-7,9-13,15-16H,3-5,8,14H2,1-2H3,(H,23,24). The van der Waals surface area contributed by atoms with Crippen molar-refractivity contribution in [2.45, 2.75) is 45.6 Å². The largest absolute Gasteiger partial charge is 0.494 e. The molecule has 0 fully saturated rings. The zero-order valence-electron chi connectivity index (χ0n) is 15.3. The summed E-state index contributed by atoms with van der Waals surface area (Å²) in [4.78, 5) is 12.4. The molecule has 1 N–H and O–H groups in total. The molecule has 0 aromatic heterocycles. The van der Waals surface area contributed by atoms with E-state index in [9.17, 15) is 4.79 Å². The molecule has 1 amide bonds. The monoisotopic (exact) mass is 375 g/mol. The van der Waals surface area contributed by atoms with Crippen molar-refractivity contribution in [2.24, 2.45) is 0 Å². The number of anilines is 1. The second-order valence-corrected chi connectivity index (χ2v) is 6.52. The van der Waals surface area contributed by atoms with Crippen LogP contribution in [0.4, 0.5) is 5.69 Å². The Balaban J connectivity index is 1.86. The van der Waals surface area contributed by atoms with E-state index in [4.69, 9.17) is 21.1 Å². The van der Waals surface area contributed by atoms with Crippen LogP contribution in [0.3, 0.4) is 0 Å². The molecule has 1 unspecified atom stereocenters. The molecule has 0 heterocycles. The van der Waals surface area contributed by atoms with Gasteiger partial charge < -0.3 is 14.8 Å². The highest BCUT2D eigenvalue weighted by molar-refractivity contribution is 6.32. The summed E-state index contributed by atoms with van der Waals surface area (Å²) in [6, 6.07) is 14.5. The molecule has 0 radical (unpaired) electrons. The van der Waals surface area contributed by atoms with Crippen LogP contribution in [0.15, 0.2) is 48.5 Å². The summed E-state index contributed by atoms with van der Waals surface area (Å²) >= 11 is 6.06. The second kappa shape index (κ2) is 10.7. The maximum absolute atomic E-state index is 12.4. The van der Waals surface area contributed by atoms with E-state index in [0.717, 1.165) is 12.2 Å². The van der Waals surface area contributed by atoms with Crippen LogP contribution in [0.1, 0.15) is 39.5 Å². The first-order chi connectivity index (χ1) is 12.6. The lowest BCUT2D eigenvalue weighted by Crippen LogP contribution is -2.30. The first kappa shape index (κ1) is 20.1. The van der Waals surface area contributed by atoms with Gasteiger partial charge in [0.1, 0.15) is 11.5 Å². The molecule has 2 rings (SSSR count). The summed E-state index contributed by atoms with van der Waals surface area (Å²) in [5.74, 6) is 0.991. The Bertz CT molecular complexity index is 705. The molecule has 1 atom stereocenters. The number of nitrogens with one attached hydrogen (secondary N) is 1. The molecular weight excluding hydrogens is 350 g/mol. The molecule has 2 aromatic carbocycles. The van der Waals surface area contributed by atoms with Crippen molar-refractivity contribution < 1.29 is 14.3 Å². The van der Waals surface area contributed by atoms with Gasteiger partial charge in [-0.2, -0.15) is 0 Å². The zero-order chi connectivity index (χ0) is 18.8.